The molecule has 0 saturated carbocycles. The molecule has 0 radical (unpaired) electrons. The summed E-state index contributed by atoms with van der Waals surface area (Å²) in [4.78, 5) is 17.6. The summed E-state index contributed by atoms with van der Waals surface area (Å²) >= 11 is 8.35. The molecule has 1 aliphatic heterocycles. The zero-order chi connectivity index (χ0) is 22.7. The van der Waals surface area contributed by atoms with Gasteiger partial charge in [0.05, 0.1) is 10.6 Å². The van der Waals surface area contributed by atoms with Gasteiger partial charge in [-0.3, -0.25) is 4.79 Å². The fourth-order valence-corrected chi connectivity index (χ4v) is 5.23. The number of amides is 1. The van der Waals surface area contributed by atoms with E-state index < -0.39 is 0 Å². The van der Waals surface area contributed by atoms with E-state index in [-0.39, 0.29) is 5.91 Å². The molecule has 0 aliphatic carbocycles. The van der Waals surface area contributed by atoms with Crippen LogP contribution in [0.4, 0.5) is 5.69 Å². The van der Waals surface area contributed by atoms with E-state index in [4.69, 9.17) is 4.74 Å². The second-order valence-corrected chi connectivity index (χ2v) is 10.2. The van der Waals surface area contributed by atoms with Crippen molar-refractivity contribution >= 4 is 66.5 Å². The minimum atomic E-state index is -0.140. The van der Waals surface area contributed by atoms with Gasteiger partial charge in [0.2, 0.25) is 0 Å². The van der Waals surface area contributed by atoms with E-state index in [1.807, 2.05) is 74.5 Å². The van der Waals surface area contributed by atoms with Gasteiger partial charge in [-0.2, -0.15) is 0 Å². The lowest BCUT2D eigenvalue weighted by Crippen LogP contribution is -2.19. The smallest absolute Gasteiger partial charge is 0.264 e. The first-order valence-corrected chi connectivity index (χ1v) is 12.3. The summed E-state index contributed by atoms with van der Waals surface area (Å²) in [6, 6.07) is 19.8. The van der Waals surface area contributed by atoms with Crippen LogP contribution in [0.3, 0.4) is 0 Å². The van der Waals surface area contributed by atoms with Crippen molar-refractivity contribution in [1.29, 1.82) is 0 Å². The molecule has 4 rings (SSSR count). The van der Waals surface area contributed by atoms with E-state index in [0.29, 0.717) is 16.7 Å². The van der Waals surface area contributed by atoms with Gasteiger partial charge >= 0.3 is 0 Å². The quantitative estimate of drug-likeness (QED) is 0.327. The molecule has 0 unspecified atom stereocenters. The summed E-state index contributed by atoms with van der Waals surface area (Å²) in [5.41, 5.74) is 5.11. The number of nitrogens with zero attached hydrogens (tertiary/aromatic N) is 1. The molecule has 1 saturated heterocycles. The molecule has 3 aromatic rings. The fraction of sp³-hybridized carbons (Fsp3) is 0.120. The second-order valence-electron chi connectivity index (χ2n) is 7.42. The topological polar surface area (TPSA) is 50.7 Å². The van der Waals surface area contributed by atoms with Gasteiger partial charge < -0.3 is 10.1 Å². The number of benzene rings is 3. The number of thioether (sulfide) groups is 1. The number of ether oxygens (including phenoxy) is 1. The molecule has 1 N–H and O–H groups in total. The van der Waals surface area contributed by atoms with Gasteiger partial charge in [-0.25, -0.2) is 4.99 Å². The molecule has 1 fully saturated rings. The van der Waals surface area contributed by atoms with Crippen LogP contribution in [0.2, 0.25) is 0 Å². The van der Waals surface area contributed by atoms with Crippen molar-refractivity contribution in [2.24, 2.45) is 4.99 Å². The SMILES string of the molecule is Cc1cc(C)cc(N=C2NC(=O)/C(=C/c3ccc(OCc4ccc(Br)cc4Br)cc3)S2)c1. The number of carbonyl (C=O) groups excluding carboxylic acids is 1. The normalized spacial score (nSPS) is 15.9. The third kappa shape index (κ3) is 5.91. The van der Waals surface area contributed by atoms with Crippen molar-refractivity contribution in [1.82, 2.24) is 5.32 Å². The van der Waals surface area contributed by atoms with Crippen LogP contribution in [0.15, 0.2) is 79.5 Å². The molecule has 32 heavy (non-hydrogen) atoms. The molecule has 0 spiro atoms. The highest BCUT2D eigenvalue weighted by atomic mass is 79.9. The molecule has 3 aromatic carbocycles. The van der Waals surface area contributed by atoms with E-state index in [9.17, 15) is 4.79 Å². The highest BCUT2D eigenvalue weighted by Crippen LogP contribution is 2.29. The Bertz CT molecular complexity index is 1220. The number of hydrogen-bond acceptors (Lipinski definition) is 4. The lowest BCUT2D eigenvalue weighted by Gasteiger charge is -2.08. The first-order valence-electron chi connectivity index (χ1n) is 9.90. The van der Waals surface area contributed by atoms with Crippen LogP contribution in [0, 0.1) is 13.8 Å². The molecule has 0 atom stereocenters. The average molecular weight is 572 g/mol. The number of carbonyl (C=O) groups is 1. The molecule has 1 amide bonds. The Morgan fingerprint density at radius 1 is 1.00 bits per heavy atom. The van der Waals surface area contributed by atoms with Gasteiger partial charge in [-0.15, -0.1) is 0 Å². The third-order valence-electron chi connectivity index (χ3n) is 4.68. The summed E-state index contributed by atoms with van der Waals surface area (Å²) in [5, 5.41) is 3.43. The zero-order valence-corrected chi connectivity index (χ0v) is 21.5. The number of aryl methyl sites for hydroxylation is 2. The first kappa shape index (κ1) is 22.8. The lowest BCUT2D eigenvalue weighted by atomic mass is 10.1. The zero-order valence-electron chi connectivity index (χ0n) is 17.5. The Morgan fingerprint density at radius 3 is 2.41 bits per heavy atom. The predicted octanol–water partition coefficient (Wildman–Crippen LogP) is 7.30. The minimum Gasteiger partial charge on any atom is -0.489 e. The Hall–Kier alpha value is -2.35. The maximum absolute atomic E-state index is 12.4. The van der Waals surface area contributed by atoms with Gasteiger partial charge in [0.15, 0.2) is 5.17 Å². The number of rotatable bonds is 5. The highest BCUT2D eigenvalue weighted by Gasteiger charge is 2.23. The van der Waals surface area contributed by atoms with Crippen molar-refractivity contribution in [3.63, 3.8) is 0 Å². The van der Waals surface area contributed by atoms with E-state index >= 15 is 0 Å². The first-order chi connectivity index (χ1) is 15.4. The lowest BCUT2D eigenvalue weighted by molar-refractivity contribution is -0.115. The van der Waals surface area contributed by atoms with Gasteiger partial charge in [0, 0.05) is 14.5 Å². The number of aliphatic imine (C=N–C) groups is 1. The van der Waals surface area contributed by atoms with Crippen molar-refractivity contribution in [3.8, 4) is 5.75 Å². The van der Waals surface area contributed by atoms with Crippen molar-refractivity contribution in [3.05, 3.63) is 96.8 Å². The maximum atomic E-state index is 12.4. The van der Waals surface area contributed by atoms with Crippen LogP contribution < -0.4 is 10.1 Å². The standard InChI is InChI=1S/C25H20Br2N2O2S/c1-15-9-16(2)11-20(10-15)28-25-29-24(30)23(32-25)12-17-3-7-21(8-4-17)31-14-18-5-6-19(26)13-22(18)27/h3-13H,14H2,1-2H3,(H,28,29,30)/b23-12-. The van der Waals surface area contributed by atoms with E-state index in [2.05, 4.69) is 48.2 Å². The second kappa shape index (κ2) is 10.1. The van der Waals surface area contributed by atoms with Crippen molar-refractivity contribution < 1.29 is 9.53 Å². The average Bonchev–Trinajstić information content (AvgIpc) is 3.06. The Labute approximate surface area is 208 Å². The molecule has 1 aliphatic rings. The Balaban J connectivity index is 1.42. The molecular formula is C25H20Br2N2O2S. The molecule has 162 valence electrons. The number of nitrogens with one attached hydrogen (secondary N) is 1. The molecular weight excluding hydrogens is 552 g/mol. The number of amidine groups is 1. The van der Waals surface area contributed by atoms with Crippen LogP contribution in [-0.4, -0.2) is 11.1 Å². The molecule has 7 heteroatoms. The third-order valence-corrected chi connectivity index (χ3v) is 6.82. The van der Waals surface area contributed by atoms with Gasteiger partial charge in [-0.05, 0) is 84.8 Å². The molecule has 4 nitrogen and oxygen atoms in total. The molecule has 1 heterocycles. The highest BCUT2D eigenvalue weighted by molar-refractivity contribution is 9.11. The summed E-state index contributed by atoms with van der Waals surface area (Å²) in [5.74, 6) is 0.626. The van der Waals surface area contributed by atoms with Crippen LogP contribution in [0.1, 0.15) is 22.3 Å². The largest absolute Gasteiger partial charge is 0.489 e. The monoisotopic (exact) mass is 570 g/mol. The van der Waals surface area contributed by atoms with E-state index in [1.165, 1.54) is 11.8 Å². The molecule has 0 bridgehead atoms. The number of hydrogen-bond donors (Lipinski definition) is 1. The van der Waals surface area contributed by atoms with Crippen LogP contribution in [0.25, 0.3) is 6.08 Å². The van der Waals surface area contributed by atoms with E-state index in [1.54, 1.807) is 0 Å². The summed E-state index contributed by atoms with van der Waals surface area (Å²) in [7, 11) is 0. The van der Waals surface area contributed by atoms with Gasteiger partial charge in [0.25, 0.3) is 5.91 Å². The Kier molecular flexibility index (Phi) is 7.18. The van der Waals surface area contributed by atoms with Crippen molar-refractivity contribution in [2.75, 3.05) is 0 Å². The fourth-order valence-electron chi connectivity index (χ4n) is 3.22. The summed E-state index contributed by atoms with van der Waals surface area (Å²) < 4.78 is 7.90. The van der Waals surface area contributed by atoms with Crippen LogP contribution >= 0.6 is 43.6 Å². The Morgan fingerprint density at radius 2 is 1.72 bits per heavy atom. The predicted molar refractivity (Wildman–Crippen MR) is 139 cm³/mol. The van der Waals surface area contributed by atoms with Crippen LogP contribution in [0.5, 0.6) is 5.75 Å². The summed E-state index contributed by atoms with van der Waals surface area (Å²) in [6.07, 6.45) is 1.86. The molecule has 0 aromatic heterocycles. The summed E-state index contributed by atoms with van der Waals surface area (Å²) in [6.45, 7) is 4.53. The number of halogens is 2. The van der Waals surface area contributed by atoms with Gasteiger partial charge in [0.1, 0.15) is 12.4 Å². The van der Waals surface area contributed by atoms with Crippen molar-refractivity contribution in [2.45, 2.75) is 20.5 Å². The van der Waals surface area contributed by atoms with Crippen LogP contribution in [-0.2, 0) is 11.4 Å². The van der Waals surface area contributed by atoms with E-state index in [0.717, 1.165) is 42.6 Å². The van der Waals surface area contributed by atoms with Gasteiger partial charge in [-0.1, -0.05) is 56.1 Å². The minimum absolute atomic E-state index is 0.140. The maximum Gasteiger partial charge on any atom is 0.264 e.